The van der Waals surface area contributed by atoms with Crippen LogP contribution in [0.15, 0.2) is 71.6 Å². The minimum atomic E-state index is -1.38. The number of aliphatic hydroxyl groups is 3. The first-order valence-corrected chi connectivity index (χ1v) is 13.8. The molecule has 0 saturated carbocycles. The zero-order chi connectivity index (χ0) is 27.2. The second-order valence-corrected chi connectivity index (χ2v) is 10.8. The number of amides is 1. The predicted molar refractivity (Wildman–Crippen MR) is 148 cm³/mol. The van der Waals surface area contributed by atoms with E-state index in [1.54, 1.807) is 12.1 Å². The molecule has 5 unspecified atom stereocenters. The molecule has 5 N–H and O–H groups in total. The third-order valence-electron chi connectivity index (χ3n) is 6.43. The molecule has 5 atom stereocenters. The molecule has 202 valence electrons. The third kappa shape index (κ3) is 7.08. The Hall–Kier alpha value is -2.59. The van der Waals surface area contributed by atoms with Gasteiger partial charge in [0.2, 0.25) is 5.91 Å². The summed E-state index contributed by atoms with van der Waals surface area (Å²) in [6.45, 7) is 2.53. The van der Waals surface area contributed by atoms with E-state index in [4.69, 9.17) is 26.8 Å². The van der Waals surface area contributed by atoms with Gasteiger partial charge in [-0.05, 0) is 65.9 Å². The molecule has 0 radical (unpaired) electrons. The summed E-state index contributed by atoms with van der Waals surface area (Å²) in [6, 6.07) is 20.6. The number of aliphatic hydroxyl groups excluding tert-OH is 3. The van der Waals surface area contributed by atoms with Crippen LogP contribution in [0.25, 0.3) is 0 Å². The molecule has 1 fully saturated rings. The molecule has 3 aromatic rings. The zero-order valence-electron chi connectivity index (χ0n) is 21.0. The summed E-state index contributed by atoms with van der Waals surface area (Å²) < 4.78 is 11.7. The Kier molecular flexibility index (Phi) is 9.70. The molecule has 0 bridgehead atoms. The highest BCUT2D eigenvalue weighted by Crippen LogP contribution is 2.36. The van der Waals surface area contributed by atoms with E-state index < -0.39 is 36.4 Å². The van der Waals surface area contributed by atoms with Crippen LogP contribution in [0, 0.1) is 0 Å². The number of benzene rings is 3. The third-order valence-corrected chi connectivity index (χ3v) is 7.88. The van der Waals surface area contributed by atoms with Gasteiger partial charge < -0.3 is 30.5 Å². The van der Waals surface area contributed by atoms with Crippen molar-refractivity contribution in [3.63, 3.8) is 0 Å². The van der Waals surface area contributed by atoms with Crippen LogP contribution in [-0.4, -0.2) is 58.0 Å². The second-order valence-electron chi connectivity index (χ2n) is 9.27. The summed E-state index contributed by atoms with van der Waals surface area (Å²) in [5.41, 5.74) is 8.64. The number of carbonyl (C=O) groups is 1. The number of hydrogen-bond donors (Lipinski definition) is 4. The maximum Gasteiger partial charge on any atom is 0.221 e. The Morgan fingerprint density at radius 1 is 1.00 bits per heavy atom. The molecule has 1 heterocycles. The smallest absolute Gasteiger partial charge is 0.221 e. The molecular weight excluding hydrogens is 526 g/mol. The number of rotatable bonds is 10. The number of primary amides is 1. The monoisotopic (exact) mass is 557 g/mol. The van der Waals surface area contributed by atoms with Crippen molar-refractivity contribution in [2.75, 3.05) is 12.4 Å². The van der Waals surface area contributed by atoms with Crippen molar-refractivity contribution in [1.29, 1.82) is 0 Å². The van der Waals surface area contributed by atoms with Gasteiger partial charge in [0, 0.05) is 15.7 Å². The van der Waals surface area contributed by atoms with E-state index in [9.17, 15) is 20.1 Å². The van der Waals surface area contributed by atoms with Crippen molar-refractivity contribution >= 4 is 29.3 Å². The standard InChI is InChI=1S/C29H32ClNO6S/c1-2-36-21-9-6-17(7-10-21)12-20-15-19(8-11-23(20)30)29-28(35)27(34)26(33)24(37-29)16-38-22-5-3-4-18(13-22)14-25(31)32/h3-11,13,15,24,26-29,33-35H,2,12,14,16H2,1H3,(H2,31,32). The van der Waals surface area contributed by atoms with Gasteiger partial charge in [0.1, 0.15) is 30.2 Å². The summed E-state index contributed by atoms with van der Waals surface area (Å²) in [6.07, 6.45) is -4.85. The summed E-state index contributed by atoms with van der Waals surface area (Å²) >= 11 is 7.92. The zero-order valence-corrected chi connectivity index (χ0v) is 22.6. The van der Waals surface area contributed by atoms with Crippen molar-refractivity contribution in [2.45, 2.75) is 55.2 Å². The molecule has 1 aliphatic heterocycles. The van der Waals surface area contributed by atoms with Crippen LogP contribution in [-0.2, 0) is 22.4 Å². The second kappa shape index (κ2) is 13.0. The molecule has 0 spiro atoms. The van der Waals surface area contributed by atoms with Gasteiger partial charge in [-0.25, -0.2) is 0 Å². The average molecular weight is 558 g/mol. The average Bonchev–Trinajstić information content (AvgIpc) is 2.89. The molecule has 1 amide bonds. The Bertz CT molecular complexity index is 1240. The Morgan fingerprint density at radius 3 is 2.47 bits per heavy atom. The normalized spacial score (nSPS) is 23.2. The van der Waals surface area contributed by atoms with Crippen LogP contribution < -0.4 is 10.5 Å². The van der Waals surface area contributed by atoms with E-state index in [1.165, 1.54) is 11.8 Å². The number of thioether (sulfide) groups is 1. The lowest BCUT2D eigenvalue weighted by Crippen LogP contribution is -2.54. The Morgan fingerprint density at radius 2 is 1.76 bits per heavy atom. The van der Waals surface area contributed by atoms with Gasteiger partial charge in [-0.1, -0.05) is 48.0 Å². The largest absolute Gasteiger partial charge is 0.494 e. The van der Waals surface area contributed by atoms with Gasteiger partial charge in [0.25, 0.3) is 0 Å². The minimum absolute atomic E-state index is 0.138. The van der Waals surface area contributed by atoms with E-state index in [2.05, 4.69) is 0 Å². The molecule has 0 aromatic heterocycles. The van der Waals surface area contributed by atoms with Gasteiger partial charge in [0.15, 0.2) is 0 Å². The van der Waals surface area contributed by atoms with E-state index in [-0.39, 0.29) is 6.42 Å². The van der Waals surface area contributed by atoms with E-state index in [1.807, 2.05) is 61.5 Å². The topological polar surface area (TPSA) is 122 Å². The fraction of sp³-hybridized carbons (Fsp3) is 0.345. The van der Waals surface area contributed by atoms with Crippen LogP contribution in [0.3, 0.4) is 0 Å². The number of hydrogen-bond acceptors (Lipinski definition) is 7. The van der Waals surface area contributed by atoms with Crippen LogP contribution in [0.1, 0.15) is 35.3 Å². The van der Waals surface area contributed by atoms with Crippen LogP contribution in [0.2, 0.25) is 5.02 Å². The van der Waals surface area contributed by atoms with Crippen molar-refractivity contribution in [2.24, 2.45) is 5.73 Å². The summed E-state index contributed by atoms with van der Waals surface area (Å²) in [5, 5.41) is 32.6. The number of ether oxygens (including phenoxy) is 2. The van der Waals surface area contributed by atoms with E-state index in [0.717, 1.165) is 27.3 Å². The molecular formula is C29H32ClNO6S. The fourth-order valence-corrected chi connectivity index (χ4v) is 5.71. The molecule has 0 aliphatic carbocycles. The maximum atomic E-state index is 11.2. The lowest BCUT2D eigenvalue weighted by atomic mass is 9.90. The van der Waals surface area contributed by atoms with Crippen molar-refractivity contribution in [3.05, 3.63) is 94.0 Å². The lowest BCUT2D eigenvalue weighted by molar-refractivity contribution is -0.218. The highest BCUT2D eigenvalue weighted by atomic mass is 35.5. The summed E-state index contributed by atoms with van der Waals surface area (Å²) in [5.74, 6) is 0.711. The fourth-order valence-electron chi connectivity index (χ4n) is 4.49. The quantitative estimate of drug-likeness (QED) is 0.281. The highest BCUT2D eigenvalue weighted by molar-refractivity contribution is 7.99. The molecule has 1 saturated heterocycles. The van der Waals surface area contributed by atoms with Gasteiger partial charge in [-0.2, -0.15) is 0 Å². The molecule has 3 aromatic carbocycles. The Balaban J connectivity index is 1.48. The maximum absolute atomic E-state index is 11.2. The molecule has 1 aliphatic rings. The van der Waals surface area contributed by atoms with Crippen LogP contribution in [0.4, 0.5) is 0 Å². The van der Waals surface area contributed by atoms with Crippen LogP contribution >= 0.6 is 23.4 Å². The number of halogens is 1. The Labute approximate surface area is 231 Å². The van der Waals surface area contributed by atoms with Crippen molar-refractivity contribution < 1.29 is 29.6 Å². The van der Waals surface area contributed by atoms with Gasteiger partial charge in [0.05, 0.1) is 19.1 Å². The SMILES string of the molecule is CCOc1ccc(Cc2cc(C3OC(CSc4cccc(CC(N)=O)c4)C(O)C(O)C3O)ccc2Cl)cc1. The molecule has 38 heavy (non-hydrogen) atoms. The van der Waals surface area contributed by atoms with Crippen molar-refractivity contribution in [3.8, 4) is 5.75 Å². The van der Waals surface area contributed by atoms with E-state index in [0.29, 0.717) is 29.4 Å². The molecule has 4 rings (SSSR count). The highest BCUT2D eigenvalue weighted by Gasteiger charge is 2.44. The van der Waals surface area contributed by atoms with E-state index >= 15 is 0 Å². The van der Waals surface area contributed by atoms with Crippen LogP contribution in [0.5, 0.6) is 5.75 Å². The van der Waals surface area contributed by atoms with Gasteiger partial charge in [-0.3, -0.25) is 4.79 Å². The molecule has 7 nitrogen and oxygen atoms in total. The minimum Gasteiger partial charge on any atom is -0.494 e. The summed E-state index contributed by atoms with van der Waals surface area (Å²) in [4.78, 5) is 12.1. The first kappa shape index (κ1) is 28.4. The number of nitrogens with two attached hydrogens (primary N) is 1. The van der Waals surface area contributed by atoms with Gasteiger partial charge >= 0.3 is 0 Å². The van der Waals surface area contributed by atoms with Gasteiger partial charge in [-0.15, -0.1) is 11.8 Å². The number of carbonyl (C=O) groups excluding carboxylic acids is 1. The molecule has 9 heteroatoms. The van der Waals surface area contributed by atoms with Crippen molar-refractivity contribution in [1.82, 2.24) is 0 Å². The summed E-state index contributed by atoms with van der Waals surface area (Å²) in [7, 11) is 0. The lowest BCUT2D eigenvalue weighted by Gasteiger charge is -2.41. The first-order valence-electron chi connectivity index (χ1n) is 12.4. The predicted octanol–water partition coefficient (Wildman–Crippen LogP) is 3.67. The first-order chi connectivity index (χ1) is 18.2.